The van der Waals surface area contributed by atoms with Gasteiger partial charge in [0.05, 0.1) is 11.6 Å². The molecule has 0 atom stereocenters. The Morgan fingerprint density at radius 2 is 2.27 bits per heavy atom. The molecule has 0 radical (unpaired) electrons. The van der Waals surface area contributed by atoms with Crippen LogP contribution in [0.1, 0.15) is 6.92 Å². The second kappa shape index (κ2) is 5.31. The van der Waals surface area contributed by atoms with Crippen LogP contribution in [0.5, 0.6) is 0 Å². The molecule has 0 rings (SSSR count). The predicted octanol–water partition coefficient (Wildman–Crippen LogP) is 1.75. The predicted molar refractivity (Wildman–Crippen MR) is 46.7 cm³/mol. The summed E-state index contributed by atoms with van der Waals surface area (Å²) in [5.74, 6) is 0. The summed E-state index contributed by atoms with van der Waals surface area (Å²) in [5.41, 5.74) is 1.55. The van der Waals surface area contributed by atoms with E-state index >= 15 is 0 Å². The highest BCUT2D eigenvalue weighted by atomic mass is 14.8. The Hall–Kier alpha value is -1.49. The van der Waals surface area contributed by atoms with Crippen LogP contribution in [0.3, 0.4) is 0 Å². The van der Waals surface area contributed by atoms with Crippen molar-refractivity contribution in [3.05, 3.63) is 36.1 Å². The average Bonchev–Trinajstić information content (AvgIpc) is 2.00. The minimum absolute atomic E-state index is 0.634. The molecule has 0 aliphatic heterocycles. The molecule has 0 fully saturated rings. The first kappa shape index (κ1) is 9.51. The minimum atomic E-state index is 0.634. The maximum Gasteiger partial charge on any atom is 0.0994 e. The first-order valence-electron chi connectivity index (χ1n) is 3.33. The van der Waals surface area contributed by atoms with E-state index in [1.54, 1.807) is 25.4 Å². The highest BCUT2D eigenvalue weighted by molar-refractivity contribution is 5.42. The molecule has 0 saturated carbocycles. The molecular weight excluding hydrogens is 136 g/mol. The Morgan fingerprint density at radius 3 is 2.64 bits per heavy atom. The minimum Gasteiger partial charge on any atom is -0.394 e. The molecule has 0 spiro atoms. The number of hydrogen-bond donors (Lipinski definition) is 1. The van der Waals surface area contributed by atoms with Gasteiger partial charge in [-0.15, -0.1) is 0 Å². The molecule has 0 unspecified atom stereocenters. The molecule has 11 heavy (non-hydrogen) atoms. The third-order valence-electron chi connectivity index (χ3n) is 1.19. The van der Waals surface area contributed by atoms with E-state index in [0.717, 1.165) is 5.57 Å². The molecule has 1 N–H and O–H groups in total. The van der Waals surface area contributed by atoms with Gasteiger partial charge in [-0.2, -0.15) is 5.26 Å². The normalized spacial score (nSPS) is 12.1. The number of hydrogen-bond acceptors (Lipinski definition) is 2. The summed E-state index contributed by atoms with van der Waals surface area (Å²) in [6.45, 7) is 5.39. The SMILES string of the molecule is C=C/C=C(C#N)\C(C)=C\NC. The van der Waals surface area contributed by atoms with Crippen molar-refractivity contribution in [1.29, 1.82) is 5.26 Å². The van der Waals surface area contributed by atoms with Gasteiger partial charge in [0, 0.05) is 13.2 Å². The lowest BCUT2D eigenvalue weighted by molar-refractivity contribution is 1.08. The second-order valence-electron chi connectivity index (χ2n) is 2.04. The van der Waals surface area contributed by atoms with Gasteiger partial charge in [0.2, 0.25) is 0 Å². The van der Waals surface area contributed by atoms with E-state index in [1.165, 1.54) is 0 Å². The van der Waals surface area contributed by atoms with E-state index in [4.69, 9.17) is 5.26 Å². The van der Waals surface area contributed by atoms with Crippen LogP contribution in [0.15, 0.2) is 36.1 Å². The van der Waals surface area contributed by atoms with Crippen LogP contribution in [0, 0.1) is 11.3 Å². The molecule has 0 aliphatic rings. The van der Waals surface area contributed by atoms with E-state index in [1.807, 2.05) is 6.92 Å². The van der Waals surface area contributed by atoms with Crippen LogP contribution in [0.25, 0.3) is 0 Å². The van der Waals surface area contributed by atoms with Crippen molar-refractivity contribution in [3.63, 3.8) is 0 Å². The fourth-order valence-electron chi connectivity index (χ4n) is 0.669. The lowest BCUT2D eigenvalue weighted by Crippen LogP contribution is -1.95. The molecule has 2 heteroatoms. The van der Waals surface area contributed by atoms with Crippen LogP contribution in [0.2, 0.25) is 0 Å². The van der Waals surface area contributed by atoms with Crippen molar-refractivity contribution >= 4 is 0 Å². The van der Waals surface area contributed by atoms with Crippen LogP contribution < -0.4 is 5.32 Å². The fraction of sp³-hybridized carbons (Fsp3) is 0.222. The molecule has 0 aromatic rings. The second-order valence-corrected chi connectivity index (χ2v) is 2.04. The zero-order chi connectivity index (χ0) is 8.69. The van der Waals surface area contributed by atoms with E-state index in [9.17, 15) is 0 Å². The first-order chi connectivity index (χ1) is 5.26. The summed E-state index contributed by atoms with van der Waals surface area (Å²) in [4.78, 5) is 0. The van der Waals surface area contributed by atoms with Gasteiger partial charge in [0.1, 0.15) is 0 Å². The van der Waals surface area contributed by atoms with Crippen molar-refractivity contribution in [2.24, 2.45) is 0 Å². The summed E-state index contributed by atoms with van der Waals surface area (Å²) in [6.07, 6.45) is 5.06. The topological polar surface area (TPSA) is 35.8 Å². The molecule has 58 valence electrons. The lowest BCUT2D eigenvalue weighted by Gasteiger charge is -1.95. The zero-order valence-electron chi connectivity index (χ0n) is 6.89. The van der Waals surface area contributed by atoms with Crippen molar-refractivity contribution in [1.82, 2.24) is 5.32 Å². The Balaban J connectivity index is 4.54. The van der Waals surface area contributed by atoms with Gasteiger partial charge in [-0.25, -0.2) is 0 Å². The quantitative estimate of drug-likeness (QED) is 0.489. The molecule has 0 aliphatic carbocycles. The number of nitrogens with one attached hydrogen (secondary N) is 1. The van der Waals surface area contributed by atoms with Crippen molar-refractivity contribution in [2.45, 2.75) is 6.92 Å². The highest BCUT2D eigenvalue weighted by Gasteiger charge is 1.94. The van der Waals surface area contributed by atoms with Crippen molar-refractivity contribution in [2.75, 3.05) is 7.05 Å². The summed E-state index contributed by atoms with van der Waals surface area (Å²) in [7, 11) is 1.80. The molecule has 0 amide bonds. The van der Waals surface area contributed by atoms with Gasteiger partial charge < -0.3 is 5.32 Å². The van der Waals surface area contributed by atoms with Crippen LogP contribution >= 0.6 is 0 Å². The van der Waals surface area contributed by atoms with Gasteiger partial charge in [0.25, 0.3) is 0 Å². The number of nitrogens with zero attached hydrogens (tertiary/aromatic N) is 1. The van der Waals surface area contributed by atoms with E-state index in [0.29, 0.717) is 5.57 Å². The third-order valence-corrected chi connectivity index (χ3v) is 1.19. The summed E-state index contributed by atoms with van der Waals surface area (Å²) in [6, 6.07) is 2.07. The van der Waals surface area contributed by atoms with Gasteiger partial charge >= 0.3 is 0 Å². The maximum absolute atomic E-state index is 8.62. The van der Waals surface area contributed by atoms with Crippen LogP contribution in [-0.2, 0) is 0 Å². The summed E-state index contributed by atoms with van der Waals surface area (Å²) in [5, 5.41) is 11.5. The average molecular weight is 148 g/mol. The molecule has 0 aromatic heterocycles. The van der Waals surface area contributed by atoms with Crippen LogP contribution in [-0.4, -0.2) is 7.05 Å². The number of allylic oxidation sites excluding steroid dienone is 4. The Kier molecular flexibility index (Phi) is 4.59. The Morgan fingerprint density at radius 1 is 1.64 bits per heavy atom. The Labute approximate surface area is 67.5 Å². The highest BCUT2D eigenvalue weighted by Crippen LogP contribution is 2.05. The number of rotatable bonds is 3. The van der Waals surface area contributed by atoms with Crippen molar-refractivity contribution < 1.29 is 0 Å². The fourth-order valence-corrected chi connectivity index (χ4v) is 0.669. The van der Waals surface area contributed by atoms with Gasteiger partial charge in [0.15, 0.2) is 0 Å². The molecule has 0 aromatic carbocycles. The summed E-state index contributed by atoms with van der Waals surface area (Å²) >= 11 is 0. The molecule has 2 nitrogen and oxygen atoms in total. The molecule has 0 heterocycles. The van der Waals surface area contributed by atoms with Crippen LogP contribution in [0.4, 0.5) is 0 Å². The monoisotopic (exact) mass is 148 g/mol. The van der Waals surface area contributed by atoms with Gasteiger partial charge in [-0.05, 0) is 18.6 Å². The summed E-state index contributed by atoms with van der Waals surface area (Å²) < 4.78 is 0. The van der Waals surface area contributed by atoms with Gasteiger partial charge in [-0.1, -0.05) is 12.7 Å². The van der Waals surface area contributed by atoms with E-state index in [-0.39, 0.29) is 0 Å². The van der Waals surface area contributed by atoms with E-state index < -0.39 is 0 Å². The first-order valence-corrected chi connectivity index (χ1v) is 3.33. The van der Waals surface area contributed by atoms with Gasteiger partial charge in [-0.3, -0.25) is 0 Å². The van der Waals surface area contributed by atoms with E-state index in [2.05, 4.69) is 18.0 Å². The zero-order valence-corrected chi connectivity index (χ0v) is 6.89. The molecule has 0 bridgehead atoms. The standard InChI is InChI=1S/C9H12N2/c1-4-5-9(6-10)8(2)7-11-3/h4-5,7,11H,1H2,2-3H3/b8-7+,9-5-. The molecule has 0 saturated heterocycles. The number of nitriles is 1. The maximum atomic E-state index is 8.62. The van der Waals surface area contributed by atoms with Crippen molar-refractivity contribution in [3.8, 4) is 6.07 Å². The smallest absolute Gasteiger partial charge is 0.0994 e. The lowest BCUT2D eigenvalue weighted by atomic mass is 10.1. The largest absolute Gasteiger partial charge is 0.394 e. The third kappa shape index (κ3) is 3.27. The molecular formula is C9H12N2. The Bertz CT molecular complexity index is 228.